The molecule has 4 rings (SSSR count). The van der Waals surface area contributed by atoms with Gasteiger partial charge in [-0.3, -0.25) is 0 Å². The van der Waals surface area contributed by atoms with Crippen molar-refractivity contribution in [2.75, 3.05) is 19.6 Å². The zero-order valence-corrected chi connectivity index (χ0v) is 15.1. The van der Waals surface area contributed by atoms with Gasteiger partial charge in [0.2, 0.25) is 11.7 Å². The number of hydrogen-bond acceptors (Lipinski definition) is 5. The molecule has 0 aliphatic carbocycles. The first-order valence-electron chi connectivity index (χ1n) is 8.74. The third-order valence-electron chi connectivity index (χ3n) is 4.46. The minimum atomic E-state index is -0.0210. The molecule has 7 heteroatoms. The Morgan fingerprint density at radius 1 is 1.23 bits per heavy atom. The third-order valence-corrected chi connectivity index (χ3v) is 5.33. The molecule has 0 bridgehead atoms. The molecule has 0 unspecified atom stereocenters. The Bertz CT molecular complexity index is 842. The van der Waals surface area contributed by atoms with E-state index in [0.29, 0.717) is 31.3 Å². The number of urea groups is 1. The Kier molecular flexibility index (Phi) is 4.97. The molecule has 1 aromatic carbocycles. The van der Waals surface area contributed by atoms with E-state index in [1.807, 2.05) is 35.7 Å². The van der Waals surface area contributed by atoms with Gasteiger partial charge in [-0.15, -0.1) is 11.3 Å². The molecule has 0 spiro atoms. The largest absolute Gasteiger partial charge is 0.339 e. The average Bonchev–Trinajstić information content (AvgIpc) is 3.30. The van der Waals surface area contributed by atoms with Crippen molar-refractivity contribution in [1.29, 1.82) is 0 Å². The number of aryl methyl sites for hydroxylation is 1. The van der Waals surface area contributed by atoms with Crippen molar-refractivity contribution >= 4 is 17.4 Å². The van der Waals surface area contributed by atoms with Gasteiger partial charge in [-0.1, -0.05) is 41.6 Å². The highest BCUT2D eigenvalue weighted by Gasteiger charge is 2.35. The minimum absolute atomic E-state index is 0.0210. The molecule has 1 aliphatic heterocycles. The standard InChI is InChI=1S/C19H20N4O2S/c24-19(20-10-4-8-14-6-2-1-3-7-14)23-12-15(13-23)18-21-17(22-25-18)16-9-5-11-26-16/h1-3,5-7,9,11,15H,4,8,10,12-13H2,(H,20,24). The number of thiophene rings is 1. The second-order valence-electron chi connectivity index (χ2n) is 6.36. The average molecular weight is 368 g/mol. The number of amides is 2. The molecule has 0 saturated carbocycles. The van der Waals surface area contributed by atoms with Crippen LogP contribution in [0.25, 0.3) is 10.7 Å². The van der Waals surface area contributed by atoms with Crippen molar-refractivity contribution in [2.45, 2.75) is 18.8 Å². The topological polar surface area (TPSA) is 71.3 Å². The van der Waals surface area contributed by atoms with Crippen LogP contribution in [-0.2, 0) is 6.42 Å². The lowest BCUT2D eigenvalue weighted by Crippen LogP contribution is -2.52. The smallest absolute Gasteiger partial charge is 0.317 e. The van der Waals surface area contributed by atoms with Crippen LogP contribution < -0.4 is 5.32 Å². The zero-order chi connectivity index (χ0) is 17.8. The summed E-state index contributed by atoms with van der Waals surface area (Å²) in [5.74, 6) is 1.37. The van der Waals surface area contributed by atoms with Gasteiger partial charge in [0, 0.05) is 19.6 Å². The quantitative estimate of drug-likeness (QED) is 0.676. The van der Waals surface area contributed by atoms with Crippen molar-refractivity contribution in [1.82, 2.24) is 20.4 Å². The Labute approximate surface area is 155 Å². The van der Waals surface area contributed by atoms with E-state index in [4.69, 9.17) is 4.52 Å². The molecule has 3 heterocycles. The Hall–Kier alpha value is -2.67. The van der Waals surface area contributed by atoms with Gasteiger partial charge in [-0.2, -0.15) is 4.98 Å². The number of aromatic nitrogens is 2. The van der Waals surface area contributed by atoms with Gasteiger partial charge in [-0.25, -0.2) is 4.79 Å². The number of nitrogens with one attached hydrogen (secondary N) is 1. The summed E-state index contributed by atoms with van der Waals surface area (Å²) in [7, 11) is 0. The minimum Gasteiger partial charge on any atom is -0.339 e. The normalized spacial score (nSPS) is 14.2. The summed E-state index contributed by atoms with van der Waals surface area (Å²) in [6, 6.07) is 14.2. The Morgan fingerprint density at radius 2 is 2.08 bits per heavy atom. The summed E-state index contributed by atoms with van der Waals surface area (Å²) < 4.78 is 5.36. The fourth-order valence-electron chi connectivity index (χ4n) is 2.95. The number of carbonyl (C=O) groups is 1. The highest BCUT2D eigenvalue weighted by Crippen LogP contribution is 2.28. The van der Waals surface area contributed by atoms with Gasteiger partial charge in [0.05, 0.1) is 10.8 Å². The van der Waals surface area contributed by atoms with Gasteiger partial charge >= 0.3 is 6.03 Å². The first-order chi connectivity index (χ1) is 12.8. The third kappa shape index (κ3) is 3.77. The predicted molar refractivity (Wildman–Crippen MR) is 100 cm³/mol. The first-order valence-corrected chi connectivity index (χ1v) is 9.62. The number of rotatable bonds is 6. The van der Waals surface area contributed by atoms with Crippen LogP contribution in [-0.4, -0.2) is 40.7 Å². The van der Waals surface area contributed by atoms with Crippen molar-refractivity contribution in [3.8, 4) is 10.7 Å². The van der Waals surface area contributed by atoms with E-state index in [2.05, 4.69) is 27.6 Å². The molecule has 1 saturated heterocycles. The lowest BCUT2D eigenvalue weighted by molar-refractivity contribution is 0.137. The molecule has 0 atom stereocenters. The molecule has 2 aromatic heterocycles. The monoisotopic (exact) mass is 368 g/mol. The molecule has 1 fully saturated rings. The molecular formula is C19H20N4O2S. The SMILES string of the molecule is O=C(NCCCc1ccccc1)N1CC(c2nc(-c3cccs3)no2)C1. The number of hydrogen-bond donors (Lipinski definition) is 1. The maximum atomic E-state index is 12.2. The zero-order valence-electron chi connectivity index (χ0n) is 14.3. The van der Waals surface area contributed by atoms with Gasteiger partial charge in [0.1, 0.15) is 0 Å². The number of benzene rings is 1. The van der Waals surface area contributed by atoms with Crippen molar-refractivity contribution in [3.05, 3.63) is 59.3 Å². The molecular weight excluding hydrogens is 348 g/mol. The molecule has 26 heavy (non-hydrogen) atoms. The summed E-state index contributed by atoms with van der Waals surface area (Å²) in [5, 5.41) is 8.99. The summed E-state index contributed by atoms with van der Waals surface area (Å²) in [6.45, 7) is 1.92. The highest BCUT2D eigenvalue weighted by molar-refractivity contribution is 7.13. The van der Waals surface area contributed by atoms with Crippen LogP contribution in [0.1, 0.15) is 23.8 Å². The maximum absolute atomic E-state index is 12.2. The van der Waals surface area contributed by atoms with E-state index in [1.54, 1.807) is 16.2 Å². The molecule has 1 N–H and O–H groups in total. The van der Waals surface area contributed by atoms with Crippen LogP contribution >= 0.6 is 11.3 Å². The van der Waals surface area contributed by atoms with E-state index in [9.17, 15) is 4.79 Å². The van der Waals surface area contributed by atoms with Gasteiger partial charge in [0.15, 0.2) is 0 Å². The van der Waals surface area contributed by atoms with Crippen molar-refractivity contribution in [3.63, 3.8) is 0 Å². The molecule has 0 radical (unpaired) electrons. The van der Waals surface area contributed by atoms with Gasteiger partial charge in [0.25, 0.3) is 0 Å². The number of likely N-dealkylation sites (tertiary alicyclic amines) is 1. The molecule has 3 aromatic rings. The summed E-state index contributed by atoms with van der Waals surface area (Å²) in [5.41, 5.74) is 1.30. The van der Waals surface area contributed by atoms with Gasteiger partial charge in [-0.05, 0) is 29.9 Å². The van der Waals surface area contributed by atoms with E-state index in [0.717, 1.165) is 17.7 Å². The van der Waals surface area contributed by atoms with Crippen LogP contribution in [0.4, 0.5) is 4.79 Å². The number of carbonyl (C=O) groups excluding carboxylic acids is 1. The lowest BCUT2D eigenvalue weighted by Gasteiger charge is -2.36. The summed E-state index contributed by atoms with van der Waals surface area (Å²) in [4.78, 5) is 19.4. The van der Waals surface area contributed by atoms with E-state index < -0.39 is 0 Å². The Balaban J connectivity index is 1.19. The van der Waals surface area contributed by atoms with Crippen molar-refractivity contribution < 1.29 is 9.32 Å². The van der Waals surface area contributed by atoms with Crippen LogP contribution in [0.15, 0.2) is 52.4 Å². The summed E-state index contributed by atoms with van der Waals surface area (Å²) in [6.07, 6.45) is 1.90. The second kappa shape index (κ2) is 7.70. The number of nitrogens with zero attached hydrogens (tertiary/aromatic N) is 3. The fourth-order valence-corrected chi connectivity index (χ4v) is 3.60. The first kappa shape index (κ1) is 16.8. The van der Waals surface area contributed by atoms with Crippen LogP contribution in [0, 0.1) is 0 Å². The van der Waals surface area contributed by atoms with Crippen LogP contribution in [0.2, 0.25) is 0 Å². The van der Waals surface area contributed by atoms with Gasteiger partial charge < -0.3 is 14.7 Å². The molecule has 6 nitrogen and oxygen atoms in total. The van der Waals surface area contributed by atoms with E-state index >= 15 is 0 Å². The fraction of sp³-hybridized carbons (Fsp3) is 0.316. The van der Waals surface area contributed by atoms with E-state index in [1.165, 1.54) is 5.56 Å². The van der Waals surface area contributed by atoms with Crippen LogP contribution in [0.3, 0.4) is 0 Å². The summed E-state index contributed by atoms with van der Waals surface area (Å²) >= 11 is 1.58. The second-order valence-corrected chi connectivity index (χ2v) is 7.30. The molecule has 1 aliphatic rings. The lowest BCUT2D eigenvalue weighted by atomic mass is 10.0. The van der Waals surface area contributed by atoms with E-state index in [-0.39, 0.29) is 11.9 Å². The molecule has 2 amide bonds. The molecule has 134 valence electrons. The highest BCUT2D eigenvalue weighted by atomic mass is 32.1. The van der Waals surface area contributed by atoms with Crippen LogP contribution in [0.5, 0.6) is 0 Å². The Morgan fingerprint density at radius 3 is 2.85 bits per heavy atom. The predicted octanol–water partition coefficient (Wildman–Crippen LogP) is 3.54. The maximum Gasteiger partial charge on any atom is 0.317 e. The van der Waals surface area contributed by atoms with Crippen molar-refractivity contribution in [2.24, 2.45) is 0 Å².